The number of nitrogens with zero attached hydrogens (tertiary/aromatic N) is 1. The SMILES string of the molecule is S=C(NNC1=NCCCCC1)Nc1ccccc1. The van der Waals surface area contributed by atoms with Crippen molar-refractivity contribution in [2.24, 2.45) is 4.99 Å². The highest BCUT2D eigenvalue weighted by Crippen LogP contribution is 2.06. The number of thiocarbonyl (C=S) groups is 1. The van der Waals surface area contributed by atoms with Crippen molar-refractivity contribution in [1.29, 1.82) is 0 Å². The summed E-state index contributed by atoms with van der Waals surface area (Å²) in [7, 11) is 0. The molecular formula is C13H18N4S. The van der Waals surface area contributed by atoms with Gasteiger partial charge in [-0.1, -0.05) is 24.6 Å². The molecule has 1 aromatic rings. The Kier molecular flexibility index (Phi) is 4.96. The van der Waals surface area contributed by atoms with E-state index in [2.05, 4.69) is 21.2 Å². The molecule has 3 N–H and O–H groups in total. The van der Waals surface area contributed by atoms with Crippen molar-refractivity contribution >= 4 is 28.9 Å². The third-order valence-electron chi connectivity index (χ3n) is 2.73. The van der Waals surface area contributed by atoms with Crippen LogP contribution in [0.5, 0.6) is 0 Å². The van der Waals surface area contributed by atoms with Crippen molar-refractivity contribution in [2.75, 3.05) is 11.9 Å². The Morgan fingerprint density at radius 3 is 2.78 bits per heavy atom. The molecule has 0 aliphatic carbocycles. The molecule has 0 spiro atoms. The standard InChI is InChI=1S/C13H18N4S/c18-13(15-11-7-3-1-4-8-11)17-16-12-9-5-2-6-10-14-12/h1,3-4,7-8H,2,5-6,9-10H2,(H,14,16)(H2,15,17,18). The van der Waals surface area contributed by atoms with Crippen molar-refractivity contribution in [3.8, 4) is 0 Å². The highest BCUT2D eigenvalue weighted by atomic mass is 32.1. The van der Waals surface area contributed by atoms with Crippen LogP contribution in [0.1, 0.15) is 25.7 Å². The lowest BCUT2D eigenvalue weighted by Crippen LogP contribution is -2.43. The van der Waals surface area contributed by atoms with E-state index in [4.69, 9.17) is 12.2 Å². The zero-order valence-corrected chi connectivity index (χ0v) is 11.1. The molecule has 2 rings (SSSR count). The Hall–Kier alpha value is -1.62. The smallest absolute Gasteiger partial charge is 0.189 e. The van der Waals surface area contributed by atoms with E-state index in [1.54, 1.807) is 0 Å². The summed E-state index contributed by atoms with van der Waals surface area (Å²) in [5.74, 6) is 0.990. The van der Waals surface area contributed by atoms with Gasteiger partial charge in [0.2, 0.25) is 0 Å². The molecule has 18 heavy (non-hydrogen) atoms. The molecule has 0 amide bonds. The van der Waals surface area contributed by atoms with E-state index in [0.717, 1.165) is 24.5 Å². The summed E-state index contributed by atoms with van der Waals surface area (Å²) in [6.07, 6.45) is 4.60. The van der Waals surface area contributed by atoms with Gasteiger partial charge in [-0.25, -0.2) is 0 Å². The maximum absolute atomic E-state index is 5.20. The number of hydrazine groups is 1. The number of anilines is 1. The van der Waals surface area contributed by atoms with Gasteiger partial charge in [-0.05, 0) is 37.2 Å². The number of hydrogen-bond donors (Lipinski definition) is 3. The fourth-order valence-electron chi connectivity index (χ4n) is 1.79. The minimum atomic E-state index is 0.549. The van der Waals surface area contributed by atoms with Crippen LogP contribution in [0.4, 0.5) is 5.69 Å². The second-order valence-corrected chi connectivity index (χ2v) is 4.62. The predicted molar refractivity (Wildman–Crippen MR) is 79.7 cm³/mol. The molecular weight excluding hydrogens is 244 g/mol. The van der Waals surface area contributed by atoms with E-state index in [9.17, 15) is 0 Å². The van der Waals surface area contributed by atoms with E-state index in [1.165, 1.54) is 19.3 Å². The molecule has 0 aromatic heterocycles. The van der Waals surface area contributed by atoms with Crippen LogP contribution in [0.2, 0.25) is 0 Å². The van der Waals surface area contributed by atoms with E-state index in [0.29, 0.717) is 5.11 Å². The third kappa shape index (κ3) is 4.33. The van der Waals surface area contributed by atoms with Gasteiger partial charge in [0.15, 0.2) is 5.11 Å². The molecule has 5 heteroatoms. The highest BCUT2D eigenvalue weighted by molar-refractivity contribution is 7.80. The van der Waals surface area contributed by atoms with Gasteiger partial charge in [0.1, 0.15) is 5.84 Å². The first kappa shape index (κ1) is 12.8. The second kappa shape index (κ2) is 6.96. The molecule has 96 valence electrons. The third-order valence-corrected chi connectivity index (χ3v) is 2.93. The number of aliphatic imine (C=N–C) groups is 1. The van der Waals surface area contributed by atoms with Crippen LogP contribution in [0.25, 0.3) is 0 Å². The lowest BCUT2D eigenvalue weighted by Gasteiger charge is -2.13. The maximum Gasteiger partial charge on any atom is 0.189 e. The molecule has 4 nitrogen and oxygen atoms in total. The van der Waals surface area contributed by atoms with Crippen LogP contribution in [0, 0.1) is 0 Å². The molecule has 0 saturated carbocycles. The summed E-state index contributed by atoms with van der Waals surface area (Å²) in [4.78, 5) is 4.46. The molecule has 0 radical (unpaired) electrons. The Morgan fingerprint density at radius 1 is 1.11 bits per heavy atom. The van der Waals surface area contributed by atoms with Crippen LogP contribution in [0.15, 0.2) is 35.3 Å². The Balaban J connectivity index is 1.76. The predicted octanol–water partition coefficient (Wildman–Crippen LogP) is 2.45. The fraction of sp³-hybridized carbons (Fsp3) is 0.385. The first-order valence-corrected chi connectivity index (χ1v) is 6.67. The zero-order chi connectivity index (χ0) is 12.6. The Morgan fingerprint density at radius 2 is 1.94 bits per heavy atom. The summed E-state index contributed by atoms with van der Waals surface area (Å²) in [5.41, 5.74) is 7.02. The monoisotopic (exact) mass is 262 g/mol. The van der Waals surface area contributed by atoms with Crippen molar-refractivity contribution in [1.82, 2.24) is 10.9 Å². The van der Waals surface area contributed by atoms with Crippen LogP contribution < -0.4 is 16.2 Å². The number of rotatable bonds is 1. The molecule has 0 saturated heterocycles. The van der Waals surface area contributed by atoms with Gasteiger partial charge in [0.25, 0.3) is 0 Å². The average molecular weight is 262 g/mol. The van der Waals surface area contributed by atoms with Crippen LogP contribution >= 0.6 is 12.2 Å². The Bertz CT molecular complexity index is 416. The molecule has 0 fully saturated rings. The van der Waals surface area contributed by atoms with Crippen LogP contribution in [-0.4, -0.2) is 17.5 Å². The maximum atomic E-state index is 5.20. The topological polar surface area (TPSA) is 48.5 Å². The fourth-order valence-corrected chi connectivity index (χ4v) is 1.96. The molecule has 1 aliphatic heterocycles. The van der Waals surface area contributed by atoms with E-state index < -0.39 is 0 Å². The second-order valence-electron chi connectivity index (χ2n) is 4.21. The van der Waals surface area contributed by atoms with Crippen LogP contribution in [-0.2, 0) is 0 Å². The van der Waals surface area contributed by atoms with Gasteiger partial charge in [0, 0.05) is 18.7 Å². The van der Waals surface area contributed by atoms with Crippen LogP contribution in [0.3, 0.4) is 0 Å². The molecule has 0 bridgehead atoms. The summed E-state index contributed by atoms with van der Waals surface area (Å²) in [6.45, 7) is 0.906. The lowest BCUT2D eigenvalue weighted by molar-refractivity contribution is 0.727. The summed E-state index contributed by atoms with van der Waals surface area (Å²) in [6, 6.07) is 9.84. The quantitative estimate of drug-likeness (QED) is 0.537. The number of nitrogens with one attached hydrogen (secondary N) is 3. The lowest BCUT2D eigenvalue weighted by atomic mass is 10.2. The van der Waals surface area contributed by atoms with E-state index in [-0.39, 0.29) is 0 Å². The largest absolute Gasteiger partial charge is 0.331 e. The molecule has 1 heterocycles. The summed E-state index contributed by atoms with van der Waals surface area (Å²) in [5, 5.41) is 3.65. The van der Waals surface area contributed by atoms with Crippen molar-refractivity contribution in [3.05, 3.63) is 30.3 Å². The number of benzene rings is 1. The average Bonchev–Trinajstić information content (AvgIpc) is 2.66. The van der Waals surface area contributed by atoms with Crippen molar-refractivity contribution < 1.29 is 0 Å². The number of hydrogen-bond acceptors (Lipinski definition) is 3. The summed E-state index contributed by atoms with van der Waals surface area (Å²) < 4.78 is 0. The summed E-state index contributed by atoms with van der Waals surface area (Å²) >= 11 is 5.20. The van der Waals surface area contributed by atoms with Gasteiger partial charge in [-0.2, -0.15) is 0 Å². The zero-order valence-electron chi connectivity index (χ0n) is 10.3. The molecule has 1 aliphatic rings. The van der Waals surface area contributed by atoms with Gasteiger partial charge in [0.05, 0.1) is 0 Å². The van der Waals surface area contributed by atoms with Crippen molar-refractivity contribution in [2.45, 2.75) is 25.7 Å². The number of amidine groups is 1. The molecule has 1 aromatic carbocycles. The first-order valence-electron chi connectivity index (χ1n) is 6.26. The normalized spacial score (nSPS) is 15.2. The van der Waals surface area contributed by atoms with Crippen molar-refractivity contribution in [3.63, 3.8) is 0 Å². The van der Waals surface area contributed by atoms with Gasteiger partial charge >= 0.3 is 0 Å². The first-order chi connectivity index (χ1) is 8.84. The van der Waals surface area contributed by atoms with Gasteiger partial charge in [-0.3, -0.25) is 15.8 Å². The van der Waals surface area contributed by atoms with Gasteiger partial charge < -0.3 is 5.32 Å². The Labute approximate surface area is 113 Å². The minimum absolute atomic E-state index is 0.549. The van der Waals surface area contributed by atoms with E-state index >= 15 is 0 Å². The molecule has 0 unspecified atom stereocenters. The van der Waals surface area contributed by atoms with E-state index in [1.807, 2.05) is 30.3 Å². The minimum Gasteiger partial charge on any atom is -0.331 e. The molecule has 0 atom stereocenters. The highest BCUT2D eigenvalue weighted by Gasteiger charge is 2.04. The number of para-hydroxylation sites is 1. The van der Waals surface area contributed by atoms with Gasteiger partial charge in [-0.15, -0.1) is 0 Å².